The number of phosphoric ester groups is 2. The first kappa shape index (κ1) is 56.3. The summed E-state index contributed by atoms with van der Waals surface area (Å²) in [7, 11) is -10.4. The lowest BCUT2D eigenvalue weighted by atomic mass is 10.1. The quantitative estimate of drug-likeness (QED) is 0.0356. The van der Waals surface area contributed by atoms with Gasteiger partial charge in [-0.3, -0.25) is 32.4 Å². The molecule has 0 aromatic carbocycles. The van der Waals surface area contributed by atoms with Gasteiger partial charge in [0, 0.05) is 24.9 Å². The van der Waals surface area contributed by atoms with Crippen LogP contribution in [0.1, 0.15) is 79.7 Å². The van der Waals surface area contributed by atoms with E-state index in [1.165, 1.54) is 39.8 Å². The predicted octanol–water partition coefficient (Wildman–Crippen LogP) is 0.807. The van der Waals surface area contributed by atoms with Crippen LogP contribution < -0.4 is 27.8 Å². The minimum Gasteiger partial charge on any atom is -0.455 e. The SMILES string of the molecule is CC(C)(C)OC(=O)N[C@@H](CCCCNC(=O)C1CSCN1C(=O)OC(C)(C)C)C(=O)O[C@H]1[C@@H](O)[C@H](n2cnc3c(N)ncnc32)O[C@H]1COP(=O)(O)O[C@H]1C[C@H](n2ccc(N)nc2=O)O[C@H]1COP(=O)(O)O. The number of amides is 3. The van der Waals surface area contributed by atoms with Crippen molar-refractivity contribution in [3.63, 3.8) is 0 Å². The number of nitrogens with zero attached hydrogens (tertiary/aromatic N) is 7. The summed E-state index contributed by atoms with van der Waals surface area (Å²) in [6, 6.07) is -0.961. The fourth-order valence-electron chi connectivity index (χ4n) is 7.48. The summed E-state index contributed by atoms with van der Waals surface area (Å²) in [5, 5.41) is 17.1. The Bertz CT molecular complexity index is 2590. The van der Waals surface area contributed by atoms with E-state index in [1.54, 1.807) is 41.5 Å². The van der Waals surface area contributed by atoms with Gasteiger partial charge in [0.1, 0.15) is 71.6 Å². The maximum atomic E-state index is 14.2. The molecule has 3 aromatic rings. The number of phosphoric acid groups is 2. The molecule has 3 aromatic heterocycles. The van der Waals surface area contributed by atoms with Crippen molar-refractivity contribution in [3.05, 3.63) is 35.4 Å². The number of esters is 1. The first-order chi connectivity index (χ1) is 33.6. The van der Waals surface area contributed by atoms with Crippen LogP contribution in [0.4, 0.5) is 21.2 Å². The average molecular weight is 1080 g/mol. The Morgan fingerprint density at radius 2 is 1.67 bits per heavy atom. The van der Waals surface area contributed by atoms with Gasteiger partial charge in [-0.05, 0) is 66.9 Å². The number of thioether (sulfide) groups is 1. The maximum Gasteiger partial charge on any atom is 0.472 e. The van der Waals surface area contributed by atoms with Crippen molar-refractivity contribution in [2.75, 3.05) is 42.9 Å². The molecule has 72 heavy (non-hydrogen) atoms. The van der Waals surface area contributed by atoms with E-state index in [0.717, 1.165) is 10.9 Å². The molecule has 2 unspecified atom stereocenters. The number of unbranched alkanes of at least 4 members (excludes halogenated alkanes) is 1. The maximum absolute atomic E-state index is 14.2. The standard InChI is InChI=1S/C39H59N11O19P2S/c1-38(2,3)67-36(55)46-20(9-7-8-11-42-32(52)21-16-72-19-50(21)37(56)68-39(4,5)6)34(53)66-29-24(65-33(28(29)51)49-18-45-27-30(41)43-17-44-31(27)49)15-63-71(60,61)69-22-13-26(48-12-10-25(40)47-35(48)54)64-23(22)14-62-70(57,58)59/h10,12,17-18,20-24,26,28-29,33,51H,7-9,11,13-16,19H2,1-6H3,(H,42,52)(H,46,55)(H,60,61)(H2,40,47,54)(H2,41,43,44)(H2,57,58,59)/t20-,21?,22-,23-,24-,26+,28+,29+,33+/m0/s1. The molecular formula is C39H59N11O19P2S. The molecule has 0 saturated carbocycles. The van der Waals surface area contributed by atoms with E-state index >= 15 is 0 Å². The van der Waals surface area contributed by atoms with Crippen LogP contribution in [0.5, 0.6) is 0 Å². The number of rotatable bonds is 19. The Morgan fingerprint density at radius 1 is 0.958 bits per heavy atom. The lowest BCUT2D eigenvalue weighted by Crippen LogP contribution is -2.49. The number of anilines is 2. The Balaban J connectivity index is 1.17. The van der Waals surface area contributed by atoms with Crippen LogP contribution in [0.25, 0.3) is 11.2 Å². The first-order valence-electron chi connectivity index (χ1n) is 22.3. The van der Waals surface area contributed by atoms with Crippen LogP contribution in [0, 0.1) is 0 Å². The third-order valence-corrected chi connectivity index (χ3v) is 13.2. The van der Waals surface area contributed by atoms with Gasteiger partial charge in [-0.25, -0.2) is 43.3 Å². The number of imidazole rings is 1. The van der Waals surface area contributed by atoms with Gasteiger partial charge in [0.25, 0.3) is 0 Å². The predicted molar refractivity (Wildman–Crippen MR) is 249 cm³/mol. The molecule has 6 heterocycles. The zero-order valence-corrected chi connectivity index (χ0v) is 42.5. The van der Waals surface area contributed by atoms with Gasteiger partial charge in [0.2, 0.25) is 5.91 Å². The van der Waals surface area contributed by atoms with Gasteiger partial charge in [-0.15, -0.1) is 11.8 Å². The fourth-order valence-corrected chi connectivity index (χ4v) is 9.92. The van der Waals surface area contributed by atoms with Crippen LogP contribution in [0.3, 0.4) is 0 Å². The molecule has 6 rings (SSSR count). The van der Waals surface area contributed by atoms with E-state index in [1.807, 2.05) is 0 Å². The minimum absolute atomic E-state index is 0.0245. The number of nitrogens with two attached hydrogens (primary N) is 2. The molecular weight excluding hydrogens is 1020 g/mol. The molecule has 0 aliphatic carbocycles. The van der Waals surface area contributed by atoms with Crippen molar-refractivity contribution in [2.45, 2.75) is 133 Å². The molecule has 33 heteroatoms. The molecule has 400 valence electrons. The molecule has 3 saturated heterocycles. The van der Waals surface area contributed by atoms with Crippen molar-refractivity contribution in [1.29, 1.82) is 0 Å². The third-order valence-electron chi connectivity index (χ3n) is 10.6. The van der Waals surface area contributed by atoms with Crippen molar-refractivity contribution >= 4 is 74.3 Å². The molecule has 3 fully saturated rings. The number of aliphatic hydroxyl groups excluding tert-OH is 1. The number of carbonyl (C=O) groups excluding carboxylic acids is 4. The zero-order valence-electron chi connectivity index (χ0n) is 39.9. The molecule has 10 atom stereocenters. The van der Waals surface area contributed by atoms with Crippen molar-refractivity contribution in [3.8, 4) is 0 Å². The highest BCUT2D eigenvalue weighted by Crippen LogP contribution is 2.50. The van der Waals surface area contributed by atoms with E-state index < -0.39 is 125 Å². The van der Waals surface area contributed by atoms with Crippen LogP contribution in [-0.2, 0) is 56.0 Å². The number of fused-ring (bicyclic) bond motifs is 1. The highest BCUT2D eigenvalue weighted by Gasteiger charge is 2.50. The molecule has 30 nitrogen and oxygen atoms in total. The van der Waals surface area contributed by atoms with Gasteiger partial charge in [-0.2, -0.15) is 4.98 Å². The second-order valence-electron chi connectivity index (χ2n) is 18.6. The van der Waals surface area contributed by atoms with E-state index in [-0.39, 0.29) is 60.9 Å². The molecule has 0 radical (unpaired) electrons. The van der Waals surface area contributed by atoms with Crippen molar-refractivity contribution in [2.24, 2.45) is 0 Å². The Hall–Kier alpha value is -5.04. The first-order valence-corrected chi connectivity index (χ1v) is 26.4. The lowest BCUT2D eigenvalue weighted by Gasteiger charge is -2.27. The number of hydrogen-bond donors (Lipinski definition) is 8. The number of nitrogens with one attached hydrogen (secondary N) is 2. The second-order valence-corrected chi connectivity index (χ2v) is 22.2. The van der Waals surface area contributed by atoms with Gasteiger partial charge in [0.05, 0.1) is 25.4 Å². The summed E-state index contributed by atoms with van der Waals surface area (Å²) in [6.07, 6.45) is -8.94. The van der Waals surface area contributed by atoms with E-state index in [0.29, 0.717) is 5.75 Å². The van der Waals surface area contributed by atoms with Gasteiger partial charge in [0.15, 0.2) is 23.8 Å². The average Bonchev–Trinajstić information content (AvgIpc) is 4.07. The summed E-state index contributed by atoms with van der Waals surface area (Å²) in [5.41, 5.74) is 9.11. The number of carbonyl (C=O) groups is 4. The monoisotopic (exact) mass is 1080 g/mol. The molecule has 3 aliphatic heterocycles. The highest BCUT2D eigenvalue weighted by atomic mass is 32.2. The number of aromatic nitrogens is 6. The number of hydrogen-bond acceptors (Lipinski definition) is 23. The van der Waals surface area contributed by atoms with E-state index in [2.05, 4.69) is 35.1 Å². The smallest absolute Gasteiger partial charge is 0.455 e. The fraction of sp³-hybridized carbons (Fsp3) is 0.667. The summed E-state index contributed by atoms with van der Waals surface area (Å²) in [4.78, 5) is 113. The number of nitrogen functional groups attached to an aromatic ring is 2. The molecule has 10 N–H and O–H groups in total. The van der Waals surface area contributed by atoms with E-state index in [4.69, 9.17) is 44.2 Å². The van der Waals surface area contributed by atoms with Crippen molar-refractivity contribution in [1.82, 2.24) is 44.6 Å². The molecule has 0 spiro atoms. The Labute approximate surface area is 414 Å². The van der Waals surface area contributed by atoms with Gasteiger partial charge in [-0.1, -0.05) is 0 Å². The number of ether oxygens (including phenoxy) is 5. The topological polar surface area (TPSA) is 415 Å². The molecule has 3 amide bonds. The van der Waals surface area contributed by atoms with Crippen LogP contribution >= 0.6 is 27.4 Å². The summed E-state index contributed by atoms with van der Waals surface area (Å²) < 4.78 is 71.3. The van der Waals surface area contributed by atoms with Crippen LogP contribution in [0.15, 0.2) is 29.7 Å². The second kappa shape index (κ2) is 23.0. The largest absolute Gasteiger partial charge is 0.472 e. The zero-order chi connectivity index (χ0) is 52.9. The normalized spacial score (nSPS) is 24.9. The highest BCUT2D eigenvalue weighted by molar-refractivity contribution is 7.99. The Morgan fingerprint density at radius 3 is 2.35 bits per heavy atom. The minimum atomic E-state index is -5.29. The molecule has 3 aliphatic rings. The summed E-state index contributed by atoms with van der Waals surface area (Å²) >= 11 is 1.39. The lowest BCUT2D eigenvalue weighted by molar-refractivity contribution is -0.159. The van der Waals surface area contributed by atoms with Gasteiger partial charge < -0.3 is 65.6 Å². The van der Waals surface area contributed by atoms with E-state index in [9.17, 15) is 52.9 Å². The van der Waals surface area contributed by atoms with Crippen molar-refractivity contribution < 1.29 is 85.4 Å². The number of alkyl carbamates (subject to hydrolysis) is 1. The van der Waals surface area contributed by atoms with Crippen LogP contribution in [0.2, 0.25) is 0 Å². The Kier molecular flexibility index (Phi) is 18.0. The molecule has 0 bridgehead atoms. The third kappa shape index (κ3) is 15.3. The number of aliphatic hydroxyl groups is 1. The summed E-state index contributed by atoms with van der Waals surface area (Å²) in [6.45, 7) is 8.23. The van der Waals surface area contributed by atoms with Crippen LogP contribution in [-0.4, -0.2) is 163 Å². The van der Waals surface area contributed by atoms with Gasteiger partial charge >= 0.3 is 39.5 Å². The summed E-state index contributed by atoms with van der Waals surface area (Å²) in [5.74, 6) is -1.05.